The fourth-order valence-electron chi connectivity index (χ4n) is 1.19. The van der Waals surface area contributed by atoms with Gasteiger partial charge in [0.25, 0.3) is 0 Å². The summed E-state index contributed by atoms with van der Waals surface area (Å²) in [5.41, 5.74) is 0. The lowest BCUT2D eigenvalue weighted by Gasteiger charge is -2.06. The minimum absolute atomic E-state index is 0.149. The molecular weight excluding hydrogens is 208 g/mol. The summed E-state index contributed by atoms with van der Waals surface area (Å²) in [7, 11) is 0. The van der Waals surface area contributed by atoms with E-state index in [0.717, 1.165) is 12.8 Å². The highest BCUT2D eigenvalue weighted by molar-refractivity contribution is 9.11. The van der Waals surface area contributed by atoms with Crippen LogP contribution in [-0.2, 0) is 4.79 Å². The average Bonchev–Trinajstić information content (AvgIpc) is 2.71. The highest BCUT2D eigenvalue weighted by atomic mass is 79.9. The van der Waals surface area contributed by atoms with Gasteiger partial charge >= 0.3 is 5.97 Å². The third kappa shape index (κ3) is 2.66. The van der Waals surface area contributed by atoms with Gasteiger partial charge in [0, 0.05) is 0 Å². The second-order valence-corrected chi connectivity index (χ2v) is 3.41. The van der Waals surface area contributed by atoms with Crippen LogP contribution in [0.25, 0.3) is 0 Å². The Bertz CT molecular complexity index is 173. The van der Waals surface area contributed by atoms with Gasteiger partial charge in [-0.15, -0.1) is 0 Å². The number of carboxylic acid groups (broad SMARTS) is 1. The first kappa shape index (κ1) is 8.78. The number of allylic oxidation sites excluding steroid dienone is 1. The summed E-state index contributed by atoms with van der Waals surface area (Å²) < 4.78 is 0. The van der Waals surface area contributed by atoms with Gasteiger partial charge in [-0.1, -0.05) is 22.0 Å². The van der Waals surface area contributed by atoms with Crippen LogP contribution in [0, 0.1) is 11.8 Å². The summed E-state index contributed by atoms with van der Waals surface area (Å²) in [5, 5.41) is 8.76. The molecule has 1 N–H and O–H groups in total. The van der Waals surface area contributed by atoms with E-state index in [4.69, 9.17) is 5.11 Å². The van der Waals surface area contributed by atoms with Crippen LogP contribution in [0.4, 0.5) is 0 Å². The molecule has 1 unspecified atom stereocenters. The molecule has 0 aromatic rings. The second-order valence-electron chi connectivity index (χ2n) is 2.88. The second kappa shape index (κ2) is 3.90. The Morgan fingerprint density at radius 3 is 2.73 bits per heavy atom. The molecule has 3 heteroatoms. The van der Waals surface area contributed by atoms with Gasteiger partial charge < -0.3 is 5.11 Å². The molecule has 0 aliphatic heterocycles. The normalized spacial score (nSPS) is 20.5. The Labute approximate surface area is 74.4 Å². The molecule has 1 saturated carbocycles. The van der Waals surface area contributed by atoms with Crippen LogP contribution >= 0.6 is 15.9 Å². The van der Waals surface area contributed by atoms with E-state index in [0.29, 0.717) is 12.3 Å². The summed E-state index contributed by atoms with van der Waals surface area (Å²) in [6.45, 7) is 0. The monoisotopic (exact) mass is 218 g/mol. The predicted octanol–water partition coefficient (Wildman–Crippen LogP) is 2.40. The largest absolute Gasteiger partial charge is 0.481 e. The van der Waals surface area contributed by atoms with E-state index >= 15 is 0 Å². The van der Waals surface area contributed by atoms with Crippen LogP contribution in [0.1, 0.15) is 19.3 Å². The molecule has 11 heavy (non-hydrogen) atoms. The Morgan fingerprint density at radius 1 is 1.73 bits per heavy atom. The van der Waals surface area contributed by atoms with Crippen LogP contribution < -0.4 is 0 Å². The molecule has 0 aromatic carbocycles. The first-order valence-electron chi connectivity index (χ1n) is 3.73. The van der Waals surface area contributed by atoms with E-state index in [1.807, 2.05) is 6.08 Å². The maximum absolute atomic E-state index is 10.6. The van der Waals surface area contributed by atoms with Crippen molar-refractivity contribution in [3.8, 4) is 0 Å². The maximum Gasteiger partial charge on any atom is 0.307 e. The predicted molar refractivity (Wildman–Crippen MR) is 46.5 cm³/mol. The Hall–Kier alpha value is -0.310. The Morgan fingerprint density at radius 2 is 2.36 bits per heavy atom. The fourth-order valence-corrected chi connectivity index (χ4v) is 1.41. The molecule has 1 aliphatic carbocycles. The quantitative estimate of drug-likeness (QED) is 0.788. The number of hydrogen-bond acceptors (Lipinski definition) is 1. The third-order valence-corrected chi connectivity index (χ3v) is 2.36. The van der Waals surface area contributed by atoms with Gasteiger partial charge in [-0.2, -0.15) is 0 Å². The average molecular weight is 219 g/mol. The minimum Gasteiger partial charge on any atom is -0.481 e. The van der Waals surface area contributed by atoms with Crippen molar-refractivity contribution in [3.05, 3.63) is 11.1 Å². The van der Waals surface area contributed by atoms with E-state index in [1.54, 1.807) is 4.99 Å². The van der Waals surface area contributed by atoms with Gasteiger partial charge in [-0.3, -0.25) is 4.79 Å². The number of hydrogen-bond donors (Lipinski definition) is 1. The molecule has 0 saturated heterocycles. The zero-order valence-electron chi connectivity index (χ0n) is 6.16. The van der Waals surface area contributed by atoms with Crippen molar-refractivity contribution in [2.75, 3.05) is 0 Å². The van der Waals surface area contributed by atoms with E-state index in [9.17, 15) is 4.79 Å². The van der Waals surface area contributed by atoms with Crippen LogP contribution in [0.5, 0.6) is 0 Å². The lowest BCUT2D eigenvalue weighted by Crippen LogP contribution is -2.14. The summed E-state index contributed by atoms with van der Waals surface area (Å²) >= 11 is 3.12. The molecule has 1 fully saturated rings. The number of carbonyl (C=O) groups is 1. The zero-order valence-corrected chi connectivity index (χ0v) is 7.75. The Balaban J connectivity index is 2.38. The molecule has 1 rings (SSSR count). The molecule has 0 radical (unpaired) electrons. The van der Waals surface area contributed by atoms with Crippen LogP contribution in [0.3, 0.4) is 0 Å². The van der Waals surface area contributed by atoms with Gasteiger partial charge in [0.2, 0.25) is 0 Å². The number of rotatable bonds is 4. The van der Waals surface area contributed by atoms with Crippen molar-refractivity contribution in [3.63, 3.8) is 0 Å². The van der Waals surface area contributed by atoms with Gasteiger partial charge in [0.15, 0.2) is 0 Å². The molecule has 1 atom stereocenters. The summed E-state index contributed by atoms with van der Waals surface area (Å²) in [4.78, 5) is 12.4. The van der Waals surface area contributed by atoms with Gasteiger partial charge in [0.05, 0.1) is 5.92 Å². The molecule has 62 valence electrons. The van der Waals surface area contributed by atoms with E-state index < -0.39 is 5.97 Å². The Kier molecular flexibility index (Phi) is 3.12. The molecule has 0 aromatic heterocycles. The van der Waals surface area contributed by atoms with Crippen LogP contribution in [-0.4, -0.2) is 11.1 Å². The lowest BCUT2D eigenvalue weighted by molar-refractivity contribution is -0.142. The maximum atomic E-state index is 10.6. The van der Waals surface area contributed by atoms with Crippen molar-refractivity contribution in [1.29, 1.82) is 0 Å². The number of halogens is 1. The van der Waals surface area contributed by atoms with Crippen molar-refractivity contribution < 1.29 is 9.90 Å². The smallest absolute Gasteiger partial charge is 0.307 e. The summed E-state index contributed by atoms with van der Waals surface area (Å²) in [5.74, 6) is -0.363. The van der Waals surface area contributed by atoms with Crippen LogP contribution in [0.2, 0.25) is 0 Å². The summed E-state index contributed by atoms with van der Waals surface area (Å²) in [6, 6.07) is 0. The molecule has 0 bridgehead atoms. The molecule has 0 spiro atoms. The zero-order chi connectivity index (χ0) is 8.27. The standard InChI is InChI=1S/C8H11BrO2/c9-5-1-2-7(8(10)11)6-3-4-6/h1,5-7H,2-4H2,(H,10,11)/b5-1+. The highest BCUT2D eigenvalue weighted by Crippen LogP contribution is 2.38. The van der Waals surface area contributed by atoms with Gasteiger partial charge in [-0.05, 0) is 30.2 Å². The van der Waals surface area contributed by atoms with E-state index in [2.05, 4.69) is 15.9 Å². The molecule has 1 aliphatic rings. The molecule has 0 heterocycles. The number of aliphatic carboxylic acids is 1. The molecular formula is C8H11BrO2. The van der Waals surface area contributed by atoms with Gasteiger partial charge in [0.1, 0.15) is 0 Å². The number of carboxylic acids is 1. The topological polar surface area (TPSA) is 37.3 Å². The SMILES string of the molecule is O=C(O)C(C/C=C/Br)C1CC1. The molecule has 0 amide bonds. The first-order valence-corrected chi connectivity index (χ1v) is 4.65. The van der Waals surface area contributed by atoms with Crippen molar-refractivity contribution in [1.82, 2.24) is 0 Å². The van der Waals surface area contributed by atoms with Gasteiger partial charge in [-0.25, -0.2) is 0 Å². The van der Waals surface area contributed by atoms with Crippen LogP contribution in [0.15, 0.2) is 11.1 Å². The van der Waals surface area contributed by atoms with E-state index in [1.165, 1.54) is 0 Å². The van der Waals surface area contributed by atoms with E-state index in [-0.39, 0.29) is 5.92 Å². The third-order valence-electron chi connectivity index (χ3n) is 1.99. The first-order chi connectivity index (χ1) is 5.25. The minimum atomic E-state index is -0.655. The van der Waals surface area contributed by atoms with Crippen molar-refractivity contribution >= 4 is 21.9 Å². The van der Waals surface area contributed by atoms with Crippen molar-refractivity contribution in [2.24, 2.45) is 11.8 Å². The lowest BCUT2D eigenvalue weighted by atomic mass is 10.0. The summed E-state index contributed by atoms with van der Waals surface area (Å²) in [6.07, 6.45) is 4.70. The fraction of sp³-hybridized carbons (Fsp3) is 0.625. The molecule has 2 nitrogen and oxygen atoms in total. The highest BCUT2D eigenvalue weighted by Gasteiger charge is 2.34. The van der Waals surface area contributed by atoms with Crippen molar-refractivity contribution in [2.45, 2.75) is 19.3 Å².